The molecule has 2 aliphatic rings. The zero-order valence-corrected chi connectivity index (χ0v) is 13.5. The molecule has 0 bridgehead atoms. The van der Waals surface area contributed by atoms with Crippen molar-refractivity contribution >= 4 is 17.4 Å². The molecule has 0 aromatic carbocycles. The summed E-state index contributed by atoms with van der Waals surface area (Å²) in [7, 11) is 0. The lowest BCUT2D eigenvalue weighted by molar-refractivity contribution is 0.125. The second-order valence-corrected chi connectivity index (χ2v) is 6.97. The maximum absolute atomic E-state index is 12.3. The zero-order valence-electron chi connectivity index (χ0n) is 12.7. The molecule has 3 rings (SSSR count). The van der Waals surface area contributed by atoms with Gasteiger partial charge in [0, 0.05) is 30.2 Å². The average molecular weight is 308 g/mol. The molecule has 1 aromatic heterocycles. The van der Waals surface area contributed by atoms with Crippen LogP contribution in [0.5, 0.6) is 0 Å². The number of aromatic nitrogens is 1. The fourth-order valence-corrected chi connectivity index (χ4v) is 4.00. The fraction of sp³-hybridized carbons (Fsp3) is 0.733. The first-order valence-corrected chi connectivity index (χ1v) is 8.78. The lowest BCUT2D eigenvalue weighted by atomic mass is 10.0. The molecule has 1 N–H and O–H groups in total. The van der Waals surface area contributed by atoms with Crippen LogP contribution in [0.15, 0.2) is 5.38 Å². The van der Waals surface area contributed by atoms with E-state index in [1.807, 2.05) is 17.2 Å². The Hall–Kier alpha value is -1.14. The number of urea groups is 1. The van der Waals surface area contributed by atoms with Gasteiger partial charge in [-0.05, 0) is 45.7 Å². The van der Waals surface area contributed by atoms with E-state index < -0.39 is 0 Å². The summed E-state index contributed by atoms with van der Waals surface area (Å²) in [6, 6.07) is 0.626. The number of nitrogens with one attached hydrogen (secondary N) is 1. The van der Waals surface area contributed by atoms with Crippen LogP contribution in [0.4, 0.5) is 4.79 Å². The van der Waals surface area contributed by atoms with Crippen molar-refractivity contribution in [2.45, 2.75) is 45.2 Å². The van der Waals surface area contributed by atoms with Gasteiger partial charge in [0.15, 0.2) is 0 Å². The molecule has 21 heavy (non-hydrogen) atoms. The molecule has 0 saturated carbocycles. The number of nitrogens with zero attached hydrogens (tertiary/aromatic N) is 3. The Bertz CT molecular complexity index is 484. The Morgan fingerprint density at radius 2 is 2.19 bits per heavy atom. The monoisotopic (exact) mass is 308 g/mol. The third kappa shape index (κ3) is 3.74. The van der Waals surface area contributed by atoms with Gasteiger partial charge in [-0.1, -0.05) is 0 Å². The van der Waals surface area contributed by atoms with Crippen molar-refractivity contribution in [2.75, 3.05) is 26.2 Å². The molecular formula is C15H24N4OS. The van der Waals surface area contributed by atoms with E-state index in [0.29, 0.717) is 12.6 Å². The molecule has 0 aliphatic carbocycles. The number of amides is 2. The van der Waals surface area contributed by atoms with Crippen molar-refractivity contribution < 1.29 is 4.79 Å². The molecule has 2 fully saturated rings. The first kappa shape index (κ1) is 14.8. The number of hydrogen-bond donors (Lipinski definition) is 1. The van der Waals surface area contributed by atoms with E-state index in [2.05, 4.69) is 15.2 Å². The van der Waals surface area contributed by atoms with E-state index in [1.165, 1.54) is 32.4 Å². The SMILES string of the molecule is Cc1csc(CNC(=O)N2CCCC(N3CCCC3)C2)n1. The Kier molecular flexibility index (Phi) is 4.75. The van der Waals surface area contributed by atoms with Crippen molar-refractivity contribution in [3.05, 3.63) is 16.1 Å². The van der Waals surface area contributed by atoms with E-state index in [-0.39, 0.29) is 6.03 Å². The second-order valence-electron chi connectivity index (χ2n) is 6.03. The molecule has 1 atom stereocenters. The summed E-state index contributed by atoms with van der Waals surface area (Å²) in [4.78, 5) is 21.2. The minimum atomic E-state index is 0.0618. The molecule has 1 aromatic rings. The highest BCUT2D eigenvalue weighted by atomic mass is 32.1. The average Bonchev–Trinajstić information content (AvgIpc) is 3.16. The van der Waals surface area contributed by atoms with Gasteiger partial charge in [0.05, 0.1) is 6.54 Å². The number of likely N-dealkylation sites (tertiary alicyclic amines) is 2. The van der Waals surface area contributed by atoms with Gasteiger partial charge in [-0.25, -0.2) is 9.78 Å². The van der Waals surface area contributed by atoms with Crippen molar-refractivity contribution in [3.8, 4) is 0 Å². The van der Waals surface area contributed by atoms with Crippen molar-refractivity contribution in [1.29, 1.82) is 0 Å². The van der Waals surface area contributed by atoms with Gasteiger partial charge in [-0.2, -0.15) is 0 Å². The summed E-state index contributed by atoms with van der Waals surface area (Å²) in [6.45, 7) is 6.70. The maximum atomic E-state index is 12.3. The number of thiazole rings is 1. The lowest BCUT2D eigenvalue weighted by Gasteiger charge is -2.37. The quantitative estimate of drug-likeness (QED) is 0.931. The highest BCUT2D eigenvalue weighted by molar-refractivity contribution is 7.09. The highest BCUT2D eigenvalue weighted by Crippen LogP contribution is 2.20. The fourth-order valence-electron chi connectivity index (χ4n) is 3.29. The Morgan fingerprint density at radius 3 is 2.90 bits per heavy atom. The van der Waals surface area contributed by atoms with Crippen LogP contribution in [0.25, 0.3) is 0 Å². The Labute approximate surface area is 130 Å². The Balaban J connectivity index is 1.49. The van der Waals surface area contributed by atoms with Crippen LogP contribution in [-0.4, -0.2) is 53.0 Å². The van der Waals surface area contributed by atoms with E-state index >= 15 is 0 Å². The molecule has 6 heteroatoms. The van der Waals surface area contributed by atoms with E-state index in [0.717, 1.165) is 30.2 Å². The summed E-state index contributed by atoms with van der Waals surface area (Å²) in [5.74, 6) is 0. The van der Waals surface area contributed by atoms with Gasteiger partial charge >= 0.3 is 6.03 Å². The molecule has 2 saturated heterocycles. The molecule has 2 amide bonds. The van der Waals surface area contributed by atoms with Crippen LogP contribution in [0.2, 0.25) is 0 Å². The van der Waals surface area contributed by atoms with Crippen LogP contribution in [-0.2, 0) is 6.54 Å². The Morgan fingerprint density at radius 1 is 1.38 bits per heavy atom. The van der Waals surface area contributed by atoms with Gasteiger partial charge in [-0.3, -0.25) is 4.90 Å². The molecule has 3 heterocycles. The molecule has 5 nitrogen and oxygen atoms in total. The minimum absolute atomic E-state index is 0.0618. The standard InChI is InChI=1S/C15H24N4OS/c1-12-11-21-14(17-12)9-16-15(20)19-8-4-5-13(10-19)18-6-2-3-7-18/h11,13H,2-10H2,1H3,(H,16,20). The van der Waals surface area contributed by atoms with Crippen molar-refractivity contribution in [1.82, 2.24) is 20.1 Å². The van der Waals surface area contributed by atoms with Crippen LogP contribution in [0, 0.1) is 6.92 Å². The minimum Gasteiger partial charge on any atom is -0.331 e. The number of carbonyl (C=O) groups excluding carboxylic acids is 1. The summed E-state index contributed by atoms with van der Waals surface area (Å²) >= 11 is 1.61. The third-order valence-corrected chi connectivity index (χ3v) is 5.36. The van der Waals surface area contributed by atoms with Crippen LogP contribution in [0.3, 0.4) is 0 Å². The zero-order chi connectivity index (χ0) is 14.7. The number of carbonyl (C=O) groups is 1. The number of aryl methyl sites for hydroxylation is 1. The first-order chi connectivity index (χ1) is 10.2. The predicted molar refractivity (Wildman–Crippen MR) is 84.5 cm³/mol. The second kappa shape index (κ2) is 6.75. The molecular weight excluding hydrogens is 284 g/mol. The lowest BCUT2D eigenvalue weighted by Crippen LogP contribution is -2.51. The molecule has 1 unspecified atom stereocenters. The normalized spacial score (nSPS) is 23.5. The number of hydrogen-bond acceptors (Lipinski definition) is 4. The molecule has 0 radical (unpaired) electrons. The smallest absolute Gasteiger partial charge is 0.317 e. The highest BCUT2D eigenvalue weighted by Gasteiger charge is 2.29. The summed E-state index contributed by atoms with van der Waals surface area (Å²) in [6.07, 6.45) is 4.97. The number of rotatable bonds is 3. The van der Waals surface area contributed by atoms with Crippen LogP contribution < -0.4 is 5.32 Å². The summed E-state index contributed by atoms with van der Waals surface area (Å²) in [5.41, 5.74) is 1.02. The van der Waals surface area contributed by atoms with Crippen LogP contribution >= 0.6 is 11.3 Å². The largest absolute Gasteiger partial charge is 0.331 e. The van der Waals surface area contributed by atoms with E-state index in [4.69, 9.17) is 0 Å². The first-order valence-electron chi connectivity index (χ1n) is 7.90. The maximum Gasteiger partial charge on any atom is 0.317 e. The molecule has 2 aliphatic heterocycles. The molecule has 116 valence electrons. The van der Waals surface area contributed by atoms with Crippen molar-refractivity contribution in [3.63, 3.8) is 0 Å². The van der Waals surface area contributed by atoms with E-state index in [9.17, 15) is 4.79 Å². The van der Waals surface area contributed by atoms with Gasteiger partial charge in [0.2, 0.25) is 0 Å². The summed E-state index contributed by atoms with van der Waals surface area (Å²) < 4.78 is 0. The van der Waals surface area contributed by atoms with Gasteiger partial charge in [0.1, 0.15) is 5.01 Å². The molecule has 0 spiro atoms. The van der Waals surface area contributed by atoms with Crippen molar-refractivity contribution in [2.24, 2.45) is 0 Å². The summed E-state index contributed by atoms with van der Waals surface area (Å²) in [5, 5.41) is 6.01. The van der Waals surface area contributed by atoms with Gasteiger partial charge in [-0.15, -0.1) is 11.3 Å². The predicted octanol–water partition coefficient (Wildman–Crippen LogP) is 2.22. The van der Waals surface area contributed by atoms with E-state index in [1.54, 1.807) is 11.3 Å². The van der Waals surface area contributed by atoms with Crippen LogP contribution in [0.1, 0.15) is 36.4 Å². The number of piperidine rings is 1. The third-order valence-electron chi connectivity index (χ3n) is 4.40. The topological polar surface area (TPSA) is 48.5 Å². The van der Waals surface area contributed by atoms with Gasteiger partial charge in [0.25, 0.3) is 0 Å². The van der Waals surface area contributed by atoms with Gasteiger partial charge < -0.3 is 10.2 Å².